The van der Waals surface area contributed by atoms with Crippen LogP contribution in [0.3, 0.4) is 0 Å². The summed E-state index contributed by atoms with van der Waals surface area (Å²) in [6, 6.07) is 13.9. The Balaban J connectivity index is 1.46. The van der Waals surface area contributed by atoms with Gasteiger partial charge in [-0.1, -0.05) is 12.1 Å². The average molecular weight is 436 g/mol. The van der Waals surface area contributed by atoms with E-state index in [2.05, 4.69) is 20.3 Å². The maximum atomic E-state index is 13.0. The minimum atomic E-state index is -3.73. The van der Waals surface area contributed by atoms with Crippen molar-refractivity contribution in [2.24, 2.45) is 0 Å². The summed E-state index contributed by atoms with van der Waals surface area (Å²) in [6.07, 6.45) is 3.20. The van der Waals surface area contributed by atoms with Gasteiger partial charge < -0.3 is 10.2 Å². The van der Waals surface area contributed by atoms with Crippen molar-refractivity contribution in [1.29, 1.82) is 5.26 Å². The number of aromatic nitrogens is 3. The molecule has 1 saturated heterocycles. The number of pyridine rings is 1. The van der Waals surface area contributed by atoms with Crippen molar-refractivity contribution in [2.75, 3.05) is 36.4 Å². The molecule has 0 aliphatic carbocycles. The van der Waals surface area contributed by atoms with Gasteiger partial charge in [0.25, 0.3) is 0 Å². The van der Waals surface area contributed by atoms with E-state index in [0.717, 1.165) is 5.56 Å². The summed E-state index contributed by atoms with van der Waals surface area (Å²) in [5.74, 6) is 2.01. The molecule has 10 heteroatoms. The van der Waals surface area contributed by atoms with Gasteiger partial charge in [-0.3, -0.25) is 0 Å². The van der Waals surface area contributed by atoms with Gasteiger partial charge in [0, 0.05) is 38.4 Å². The predicted octanol–water partition coefficient (Wildman–Crippen LogP) is 2.31. The topological polar surface area (TPSA) is 115 Å². The first kappa shape index (κ1) is 20.7. The third-order valence-electron chi connectivity index (χ3n) is 5.01. The molecule has 0 atom stereocenters. The molecule has 3 heterocycles. The predicted molar refractivity (Wildman–Crippen MR) is 116 cm³/mol. The van der Waals surface area contributed by atoms with Crippen LogP contribution in [0.15, 0.2) is 59.9 Å². The van der Waals surface area contributed by atoms with Crippen LogP contribution in [-0.4, -0.2) is 53.9 Å². The zero-order chi connectivity index (χ0) is 21.8. The molecule has 0 spiro atoms. The molecule has 31 heavy (non-hydrogen) atoms. The fourth-order valence-corrected chi connectivity index (χ4v) is 4.97. The van der Waals surface area contributed by atoms with Crippen LogP contribution in [-0.2, 0) is 10.0 Å². The lowest BCUT2D eigenvalue weighted by Crippen LogP contribution is -2.49. The lowest BCUT2D eigenvalue weighted by atomic mass is 10.2. The number of rotatable bonds is 5. The van der Waals surface area contributed by atoms with Crippen molar-refractivity contribution in [2.45, 2.75) is 11.8 Å². The lowest BCUT2D eigenvalue weighted by molar-refractivity contribution is 0.383. The standard InChI is InChI=1S/C21H21N7O2S/c1-16-6-7-23-19(12-16)26-20-13-21(25-15-24-20)27-8-10-28(11-9-27)31(29,30)18-5-3-2-4-17(18)14-22/h2-7,12-13,15H,8-11H2,1H3,(H,23,24,25,26). The van der Waals surface area contributed by atoms with E-state index in [4.69, 9.17) is 0 Å². The van der Waals surface area contributed by atoms with Gasteiger partial charge in [-0.15, -0.1) is 0 Å². The first-order valence-corrected chi connectivity index (χ1v) is 11.2. The van der Waals surface area contributed by atoms with Crippen LogP contribution < -0.4 is 10.2 Å². The highest BCUT2D eigenvalue weighted by molar-refractivity contribution is 7.89. The molecule has 9 nitrogen and oxygen atoms in total. The smallest absolute Gasteiger partial charge is 0.244 e. The molecule has 1 aliphatic rings. The van der Waals surface area contributed by atoms with Crippen LogP contribution in [0.5, 0.6) is 0 Å². The minimum Gasteiger partial charge on any atom is -0.354 e. The second-order valence-electron chi connectivity index (χ2n) is 7.10. The first-order valence-electron chi connectivity index (χ1n) is 9.73. The molecule has 158 valence electrons. The average Bonchev–Trinajstić information content (AvgIpc) is 2.79. The Morgan fingerprint density at radius 3 is 2.48 bits per heavy atom. The Hall–Kier alpha value is -3.55. The molecule has 0 radical (unpaired) electrons. The summed E-state index contributed by atoms with van der Waals surface area (Å²) < 4.78 is 27.4. The number of aryl methyl sites for hydroxylation is 1. The normalized spacial score (nSPS) is 14.8. The number of hydrogen-bond donors (Lipinski definition) is 1. The van der Waals surface area contributed by atoms with Crippen LogP contribution >= 0.6 is 0 Å². The van der Waals surface area contributed by atoms with E-state index in [-0.39, 0.29) is 10.5 Å². The van der Waals surface area contributed by atoms with Crippen LogP contribution in [0.2, 0.25) is 0 Å². The molecule has 3 aromatic rings. The van der Waals surface area contributed by atoms with Crippen LogP contribution in [0.1, 0.15) is 11.1 Å². The Labute approximate surface area is 181 Å². The Morgan fingerprint density at radius 1 is 1.00 bits per heavy atom. The van der Waals surface area contributed by atoms with E-state index >= 15 is 0 Å². The molecule has 0 bridgehead atoms. The summed E-state index contributed by atoms with van der Waals surface area (Å²) in [5, 5.41) is 12.4. The number of benzene rings is 1. The molecule has 0 unspecified atom stereocenters. The quantitative estimate of drug-likeness (QED) is 0.649. The summed E-state index contributed by atoms with van der Waals surface area (Å²) >= 11 is 0. The summed E-state index contributed by atoms with van der Waals surface area (Å²) in [5.41, 5.74) is 1.24. The van der Waals surface area contributed by atoms with Gasteiger partial charge in [0.1, 0.15) is 29.9 Å². The van der Waals surface area contributed by atoms with Crippen molar-refractivity contribution in [3.63, 3.8) is 0 Å². The van der Waals surface area contributed by atoms with Crippen LogP contribution in [0.4, 0.5) is 17.5 Å². The van der Waals surface area contributed by atoms with Gasteiger partial charge in [-0.05, 0) is 36.8 Å². The molecule has 1 aromatic carbocycles. The first-order chi connectivity index (χ1) is 15.0. The zero-order valence-corrected chi connectivity index (χ0v) is 17.7. The molecular weight excluding hydrogens is 414 g/mol. The fraction of sp³-hybridized carbons (Fsp3) is 0.238. The number of nitrogens with zero attached hydrogens (tertiary/aromatic N) is 6. The summed E-state index contributed by atoms with van der Waals surface area (Å²) in [4.78, 5) is 14.9. The molecule has 0 saturated carbocycles. The van der Waals surface area contributed by atoms with E-state index in [0.29, 0.717) is 43.6 Å². The van der Waals surface area contributed by atoms with Crippen molar-refractivity contribution < 1.29 is 8.42 Å². The number of anilines is 3. The van der Waals surface area contributed by atoms with E-state index in [1.54, 1.807) is 18.3 Å². The molecular formula is C21H21N7O2S. The number of nitrogens with one attached hydrogen (secondary N) is 1. The van der Waals surface area contributed by atoms with Gasteiger partial charge in [0.05, 0.1) is 10.5 Å². The molecule has 4 rings (SSSR count). The van der Waals surface area contributed by atoms with Crippen molar-refractivity contribution in [3.05, 3.63) is 66.1 Å². The minimum absolute atomic E-state index is 0.0464. The molecule has 1 fully saturated rings. The second kappa shape index (κ2) is 8.67. The Bertz CT molecular complexity index is 1230. The van der Waals surface area contributed by atoms with Crippen molar-refractivity contribution in [3.8, 4) is 6.07 Å². The Morgan fingerprint density at radius 2 is 1.74 bits per heavy atom. The summed E-state index contributed by atoms with van der Waals surface area (Å²) in [7, 11) is -3.73. The second-order valence-corrected chi connectivity index (χ2v) is 9.01. The van der Waals surface area contributed by atoms with Crippen LogP contribution in [0.25, 0.3) is 0 Å². The highest BCUT2D eigenvalue weighted by Gasteiger charge is 2.30. The van der Waals surface area contributed by atoms with E-state index in [1.165, 1.54) is 22.8 Å². The van der Waals surface area contributed by atoms with Crippen LogP contribution in [0, 0.1) is 18.3 Å². The number of piperazine rings is 1. The highest BCUT2D eigenvalue weighted by atomic mass is 32.2. The van der Waals surface area contributed by atoms with Gasteiger partial charge in [-0.2, -0.15) is 9.57 Å². The maximum Gasteiger partial charge on any atom is 0.244 e. The van der Waals surface area contributed by atoms with Crippen molar-refractivity contribution in [1.82, 2.24) is 19.3 Å². The summed E-state index contributed by atoms with van der Waals surface area (Å²) in [6.45, 7) is 3.55. The van der Waals surface area contributed by atoms with Gasteiger partial charge in [0.2, 0.25) is 10.0 Å². The number of sulfonamides is 1. The number of hydrogen-bond acceptors (Lipinski definition) is 8. The Kier molecular flexibility index (Phi) is 5.79. The van der Waals surface area contributed by atoms with Gasteiger partial charge in [-0.25, -0.2) is 23.4 Å². The van der Waals surface area contributed by atoms with Gasteiger partial charge >= 0.3 is 0 Å². The monoisotopic (exact) mass is 435 g/mol. The molecule has 2 aromatic heterocycles. The number of nitriles is 1. The highest BCUT2D eigenvalue weighted by Crippen LogP contribution is 2.23. The SMILES string of the molecule is Cc1ccnc(Nc2cc(N3CCN(S(=O)(=O)c4ccccc4C#N)CC3)ncn2)c1. The third kappa shape index (κ3) is 4.47. The zero-order valence-electron chi connectivity index (χ0n) is 16.9. The lowest BCUT2D eigenvalue weighted by Gasteiger charge is -2.34. The fourth-order valence-electron chi connectivity index (χ4n) is 3.40. The molecule has 1 aliphatic heterocycles. The van der Waals surface area contributed by atoms with E-state index < -0.39 is 10.0 Å². The third-order valence-corrected chi connectivity index (χ3v) is 6.97. The van der Waals surface area contributed by atoms with E-state index in [1.807, 2.05) is 36.1 Å². The molecule has 0 amide bonds. The van der Waals surface area contributed by atoms with Crippen molar-refractivity contribution >= 4 is 27.5 Å². The largest absolute Gasteiger partial charge is 0.354 e. The van der Waals surface area contributed by atoms with E-state index in [9.17, 15) is 13.7 Å². The molecule has 1 N–H and O–H groups in total. The maximum absolute atomic E-state index is 13.0. The van der Waals surface area contributed by atoms with Gasteiger partial charge in [0.15, 0.2) is 0 Å².